The van der Waals surface area contributed by atoms with E-state index in [9.17, 15) is 4.79 Å². The van der Waals surface area contributed by atoms with Gasteiger partial charge in [0.1, 0.15) is 0 Å². The Morgan fingerprint density at radius 2 is 1.57 bits per heavy atom. The van der Waals surface area contributed by atoms with Gasteiger partial charge in [0.15, 0.2) is 18.1 Å². The first-order valence-electron chi connectivity index (χ1n) is 7.25. The van der Waals surface area contributed by atoms with E-state index in [0.29, 0.717) is 17.2 Å². The number of carbonyl (C=O) groups excluding carboxylic acids is 1. The van der Waals surface area contributed by atoms with Gasteiger partial charge in [-0.3, -0.25) is 4.79 Å². The molecule has 0 heterocycles. The van der Waals surface area contributed by atoms with Gasteiger partial charge in [0.05, 0.1) is 14.2 Å². The van der Waals surface area contributed by atoms with Gasteiger partial charge in [0.25, 0.3) is 5.91 Å². The molecule has 5 nitrogen and oxygen atoms in total. The van der Waals surface area contributed by atoms with Gasteiger partial charge >= 0.3 is 0 Å². The predicted molar refractivity (Wildman–Crippen MR) is 89.6 cm³/mol. The highest BCUT2D eigenvalue weighted by Crippen LogP contribution is 2.36. The van der Waals surface area contributed by atoms with Crippen molar-refractivity contribution in [1.29, 1.82) is 0 Å². The van der Waals surface area contributed by atoms with Crippen molar-refractivity contribution in [2.45, 2.75) is 13.8 Å². The van der Waals surface area contributed by atoms with E-state index in [0.717, 1.165) is 16.8 Å². The van der Waals surface area contributed by atoms with Gasteiger partial charge in [-0.2, -0.15) is 0 Å². The van der Waals surface area contributed by atoms with Crippen molar-refractivity contribution in [2.75, 3.05) is 26.1 Å². The molecule has 5 heteroatoms. The standard InChI is InChI=1S/C18H21NO4/c1-12-8-13(2)10-14(9-12)19-17(20)11-23-18-15(21-3)6-5-7-16(18)22-4/h5-10H,11H2,1-4H3,(H,19,20). The lowest BCUT2D eigenvalue weighted by Crippen LogP contribution is -2.20. The molecule has 0 aliphatic carbocycles. The van der Waals surface area contributed by atoms with Crippen LogP contribution in [0.15, 0.2) is 36.4 Å². The van der Waals surface area contributed by atoms with Crippen LogP contribution in [0.2, 0.25) is 0 Å². The largest absolute Gasteiger partial charge is 0.493 e. The van der Waals surface area contributed by atoms with Crippen LogP contribution < -0.4 is 19.5 Å². The lowest BCUT2D eigenvalue weighted by molar-refractivity contribution is -0.118. The molecule has 2 rings (SSSR count). The Hall–Kier alpha value is -2.69. The number of hydrogen-bond donors (Lipinski definition) is 1. The fraction of sp³-hybridized carbons (Fsp3) is 0.278. The molecule has 0 fully saturated rings. The summed E-state index contributed by atoms with van der Waals surface area (Å²) in [5.41, 5.74) is 2.93. The van der Waals surface area contributed by atoms with Crippen LogP contribution in [0.5, 0.6) is 17.2 Å². The summed E-state index contributed by atoms with van der Waals surface area (Å²) < 4.78 is 16.0. The lowest BCUT2D eigenvalue weighted by atomic mass is 10.1. The molecular weight excluding hydrogens is 294 g/mol. The zero-order chi connectivity index (χ0) is 16.8. The molecule has 23 heavy (non-hydrogen) atoms. The Morgan fingerprint density at radius 1 is 1.00 bits per heavy atom. The maximum atomic E-state index is 12.1. The van der Waals surface area contributed by atoms with E-state index < -0.39 is 0 Å². The van der Waals surface area contributed by atoms with Crippen molar-refractivity contribution in [3.05, 3.63) is 47.5 Å². The van der Waals surface area contributed by atoms with Gasteiger partial charge in [-0.15, -0.1) is 0 Å². The summed E-state index contributed by atoms with van der Waals surface area (Å²) in [6.07, 6.45) is 0. The lowest BCUT2D eigenvalue weighted by Gasteiger charge is -2.14. The number of benzene rings is 2. The molecule has 1 N–H and O–H groups in total. The van der Waals surface area contributed by atoms with Crippen LogP contribution in [0.1, 0.15) is 11.1 Å². The minimum atomic E-state index is -0.247. The molecule has 0 saturated carbocycles. The molecule has 0 aliphatic heterocycles. The zero-order valence-corrected chi connectivity index (χ0v) is 13.8. The van der Waals surface area contributed by atoms with Crippen molar-refractivity contribution >= 4 is 11.6 Å². The van der Waals surface area contributed by atoms with E-state index in [1.165, 1.54) is 14.2 Å². The molecule has 0 unspecified atom stereocenters. The van der Waals surface area contributed by atoms with Gasteiger partial charge in [-0.25, -0.2) is 0 Å². The molecule has 0 radical (unpaired) electrons. The number of carbonyl (C=O) groups is 1. The molecule has 1 amide bonds. The fourth-order valence-corrected chi connectivity index (χ4v) is 2.34. The summed E-state index contributed by atoms with van der Waals surface area (Å²) in [6, 6.07) is 11.2. The Bertz CT molecular complexity index is 655. The van der Waals surface area contributed by atoms with Gasteiger partial charge in [0, 0.05) is 5.69 Å². The number of ether oxygens (including phenoxy) is 3. The number of amides is 1. The van der Waals surface area contributed by atoms with Gasteiger partial charge in [0.2, 0.25) is 5.75 Å². The SMILES string of the molecule is COc1cccc(OC)c1OCC(=O)Nc1cc(C)cc(C)c1. The molecule has 0 aromatic heterocycles. The third-order valence-electron chi connectivity index (χ3n) is 3.24. The molecular formula is C18H21NO4. The van der Waals surface area contributed by atoms with E-state index >= 15 is 0 Å². The second-order valence-corrected chi connectivity index (χ2v) is 5.20. The van der Waals surface area contributed by atoms with E-state index in [2.05, 4.69) is 5.32 Å². The molecule has 122 valence electrons. The maximum absolute atomic E-state index is 12.1. The number of hydrogen-bond acceptors (Lipinski definition) is 4. The van der Waals surface area contributed by atoms with E-state index in [-0.39, 0.29) is 12.5 Å². The second kappa shape index (κ2) is 7.54. The third kappa shape index (κ3) is 4.39. The zero-order valence-electron chi connectivity index (χ0n) is 13.8. The average molecular weight is 315 g/mol. The monoisotopic (exact) mass is 315 g/mol. The minimum Gasteiger partial charge on any atom is -0.493 e. The summed E-state index contributed by atoms with van der Waals surface area (Å²) in [5, 5.41) is 2.82. The predicted octanol–water partition coefficient (Wildman–Crippen LogP) is 3.34. The van der Waals surface area contributed by atoms with Crippen molar-refractivity contribution in [3.63, 3.8) is 0 Å². The molecule has 0 bridgehead atoms. The summed E-state index contributed by atoms with van der Waals surface area (Å²) in [7, 11) is 3.08. The Morgan fingerprint density at radius 3 is 2.09 bits per heavy atom. The number of methoxy groups -OCH3 is 2. The first kappa shape index (κ1) is 16.7. The van der Waals surface area contributed by atoms with Crippen LogP contribution in [-0.4, -0.2) is 26.7 Å². The smallest absolute Gasteiger partial charge is 0.262 e. The first-order chi connectivity index (χ1) is 11.0. The van der Waals surface area contributed by atoms with Crippen molar-refractivity contribution in [1.82, 2.24) is 0 Å². The van der Waals surface area contributed by atoms with Crippen LogP contribution in [-0.2, 0) is 4.79 Å². The van der Waals surface area contributed by atoms with E-state index in [4.69, 9.17) is 14.2 Å². The number of nitrogens with one attached hydrogen (secondary N) is 1. The van der Waals surface area contributed by atoms with Crippen molar-refractivity contribution in [2.24, 2.45) is 0 Å². The highest BCUT2D eigenvalue weighted by molar-refractivity contribution is 5.92. The molecule has 2 aromatic rings. The Balaban J connectivity index is 2.05. The molecule has 0 spiro atoms. The summed E-state index contributed by atoms with van der Waals surface area (Å²) in [5.74, 6) is 1.20. The number of rotatable bonds is 6. The second-order valence-electron chi connectivity index (χ2n) is 5.20. The van der Waals surface area contributed by atoms with Gasteiger partial charge in [-0.1, -0.05) is 12.1 Å². The molecule has 2 aromatic carbocycles. The van der Waals surface area contributed by atoms with Crippen LogP contribution in [0.4, 0.5) is 5.69 Å². The van der Waals surface area contributed by atoms with Crippen LogP contribution in [0.25, 0.3) is 0 Å². The molecule has 0 saturated heterocycles. The number of anilines is 1. The Kier molecular flexibility index (Phi) is 5.46. The van der Waals surface area contributed by atoms with Gasteiger partial charge in [-0.05, 0) is 49.2 Å². The highest BCUT2D eigenvalue weighted by atomic mass is 16.5. The highest BCUT2D eigenvalue weighted by Gasteiger charge is 2.13. The summed E-state index contributed by atoms with van der Waals surface area (Å²) >= 11 is 0. The summed E-state index contributed by atoms with van der Waals surface area (Å²) in [4.78, 5) is 12.1. The average Bonchev–Trinajstić information content (AvgIpc) is 2.51. The number of aryl methyl sites for hydroxylation is 2. The minimum absolute atomic E-state index is 0.135. The Labute approximate surface area is 136 Å². The van der Waals surface area contributed by atoms with E-state index in [1.807, 2.05) is 32.0 Å². The van der Waals surface area contributed by atoms with Crippen LogP contribution >= 0.6 is 0 Å². The van der Waals surface area contributed by atoms with Crippen LogP contribution in [0.3, 0.4) is 0 Å². The van der Waals surface area contributed by atoms with E-state index in [1.54, 1.807) is 18.2 Å². The molecule has 0 aliphatic rings. The number of para-hydroxylation sites is 1. The third-order valence-corrected chi connectivity index (χ3v) is 3.24. The fourth-order valence-electron chi connectivity index (χ4n) is 2.34. The topological polar surface area (TPSA) is 56.8 Å². The normalized spacial score (nSPS) is 10.1. The summed E-state index contributed by atoms with van der Waals surface area (Å²) in [6.45, 7) is 3.83. The van der Waals surface area contributed by atoms with Gasteiger partial charge < -0.3 is 19.5 Å². The van der Waals surface area contributed by atoms with Crippen molar-refractivity contribution < 1.29 is 19.0 Å². The quantitative estimate of drug-likeness (QED) is 0.888. The van der Waals surface area contributed by atoms with Crippen molar-refractivity contribution in [3.8, 4) is 17.2 Å². The maximum Gasteiger partial charge on any atom is 0.262 e. The van der Waals surface area contributed by atoms with Crippen LogP contribution in [0, 0.1) is 13.8 Å². The molecule has 0 atom stereocenters. The first-order valence-corrected chi connectivity index (χ1v) is 7.25.